The summed E-state index contributed by atoms with van der Waals surface area (Å²) in [6, 6.07) is 9.60. The second-order valence-corrected chi connectivity index (χ2v) is 7.22. The first-order valence-corrected chi connectivity index (χ1v) is 8.88. The number of benzene rings is 1. The van der Waals surface area contributed by atoms with E-state index in [1.54, 1.807) is 0 Å². The average molecular weight is 346 g/mol. The van der Waals surface area contributed by atoms with Gasteiger partial charge in [-0.25, -0.2) is 4.68 Å². The van der Waals surface area contributed by atoms with E-state index in [9.17, 15) is 4.79 Å². The number of aromatic nitrogens is 2. The van der Waals surface area contributed by atoms with Crippen LogP contribution in [0.25, 0.3) is 15.9 Å². The molecule has 0 spiro atoms. The van der Waals surface area contributed by atoms with Gasteiger partial charge in [0.15, 0.2) is 0 Å². The number of amides is 1. The van der Waals surface area contributed by atoms with Crippen molar-refractivity contribution in [2.24, 2.45) is 0 Å². The number of thiophene rings is 1. The van der Waals surface area contributed by atoms with E-state index in [1.807, 2.05) is 46.8 Å². The number of aryl methyl sites for hydroxylation is 1. The van der Waals surface area contributed by atoms with Gasteiger partial charge in [0.1, 0.15) is 4.83 Å². The van der Waals surface area contributed by atoms with Gasteiger partial charge in [0.05, 0.1) is 21.3 Å². The highest BCUT2D eigenvalue weighted by atomic mass is 35.5. The first kappa shape index (κ1) is 14.7. The molecule has 3 aromatic rings. The zero-order chi connectivity index (χ0) is 16.0. The van der Waals surface area contributed by atoms with E-state index in [0.717, 1.165) is 52.4 Å². The van der Waals surface area contributed by atoms with Gasteiger partial charge in [-0.2, -0.15) is 5.10 Å². The third-order valence-electron chi connectivity index (χ3n) is 4.23. The van der Waals surface area contributed by atoms with Crippen molar-refractivity contribution in [1.29, 1.82) is 0 Å². The Morgan fingerprint density at radius 2 is 2.00 bits per heavy atom. The molecular formula is C17H16ClN3OS. The van der Waals surface area contributed by atoms with Crippen LogP contribution >= 0.6 is 22.9 Å². The molecule has 1 saturated heterocycles. The minimum Gasteiger partial charge on any atom is -0.338 e. The number of likely N-dealkylation sites (tertiary alicyclic amines) is 1. The number of nitrogens with zero attached hydrogens (tertiary/aromatic N) is 3. The minimum atomic E-state index is 0.133. The average Bonchev–Trinajstić information content (AvgIpc) is 3.26. The van der Waals surface area contributed by atoms with Crippen LogP contribution in [0.15, 0.2) is 30.3 Å². The third-order valence-corrected chi connectivity index (χ3v) is 5.65. The largest absolute Gasteiger partial charge is 0.338 e. The molecule has 0 unspecified atom stereocenters. The smallest absolute Gasteiger partial charge is 0.264 e. The summed E-state index contributed by atoms with van der Waals surface area (Å²) in [4.78, 5) is 16.3. The topological polar surface area (TPSA) is 38.1 Å². The fourth-order valence-corrected chi connectivity index (χ4v) is 4.37. The molecule has 0 bridgehead atoms. The van der Waals surface area contributed by atoms with Crippen molar-refractivity contribution in [2.45, 2.75) is 19.8 Å². The van der Waals surface area contributed by atoms with Crippen LogP contribution < -0.4 is 0 Å². The Morgan fingerprint density at radius 3 is 2.74 bits per heavy atom. The molecular weight excluding hydrogens is 330 g/mol. The van der Waals surface area contributed by atoms with Gasteiger partial charge in [0.25, 0.3) is 5.91 Å². The first-order valence-electron chi connectivity index (χ1n) is 7.68. The molecule has 1 fully saturated rings. The first-order chi connectivity index (χ1) is 11.1. The van der Waals surface area contributed by atoms with Crippen molar-refractivity contribution in [3.05, 3.63) is 45.9 Å². The lowest BCUT2D eigenvalue weighted by atomic mass is 10.3. The molecule has 1 amide bonds. The Balaban J connectivity index is 1.82. The molecule has 0 aliphatic carbocycles. The number of rotatable bonds is 2. The summed E-state index contributed by atoms with van der Waals surface area (Å²) < 4.78 is 1.85. The molecule has 0 saturated carbocycles. The zero-order valence-electron chi connectivity index (χ0n) is 12.8. The van der Waals surface area contributed by atoms with Crippen molar-refractivity contribution < 1.29 is 4.79 Å². The number of hydrogen-bond acceptors (Lipinski definition) is 3. The third kappa shape index (κ3) is 2.44. The van der Waals surface area contributed by atoms with Crippen LogP contribution in [0.3, 0.4) is 0 Å². The summed E-state index contributed by atoms with van der Waals surface area (Å²) >= 11 is 7.80. The fourth-order valence-electron chi connectivity index (χ4n) is 3.02. The van der Waals surface area contributed by atoms with Gasteiger partial charge in [0, 0.05) is 18.5 Å². The summed E-state index contributed by atoms with van der Waals surface area (Å²) in [5, 5.41) is 6.27. The van der Waals surface area contributed by atoms with Gasteiger partial charge in [-0.15, -0.1) is 11.3 Å². The highest BCUT2D eigenvalue weighted by Gasteiger charge is 2.23. The second-order valence-electron chi connectivity index (χ2n) is 5.78. The second kappa shape index (κ2) is 5.65. The summed E-state index contributed by atoms with van der Waals surface area (Å²) in [5.74, 6) is 0.133. The monoisotopic (exact) mass is 345 g/mol. The molecule has 1 aliphatic rings. The van der Waals surface area contributed by atoms with Crippen molar-refractivity contribution >= 4 is 39.1 Å². The highest BCUT2D eigenvalue weighted by Crippen LogP contribution is 2.33. The van der Waals surface area contributed by atoms with Crippen molar-refractivity contribution in [1.82, 2.24) is 14.7 Å². The van der Waals surface area contributed by atoms with Crippen LogP contribution in [0.1, 0.15) is 28.2 Å². The number of carbonyl (C=O) groups excluding carboxylic acids is 1. The molecule has 0 atom stereocenters. The Morgan fingerprint density at radius 1 is 1.26 bits per heavy atom. The Kier molecular flexibility index (Phi) is 3.62. The molecule has 23 heavy (non-hydrogen) atoms. The Hall–Kier alpha value is -1.85. The van der Waals surface area contributed by atoms with E-state index in [0.29, 0.717) is 5.02 Å². The van der Waals surface area contributed by atoms with Gasteiger partial charge in [-0.3, -0.25) is 4.79 Å². The van der Waals surface area contributed by atoms with Gasteiger partial charge in [-0.1, -0.05) is 23.7 Å². The standard InChI is InChI=1S/C17H16ClN3OS/c1-11-12-10-15(16(22)20-8-4-5-9-20)23-17(12)21(19-11)14-7-3-2-6-13(14)18/h2-3,6-7,10H,4-5,8-9H2,1H3. The molecule has 4 rings (SSSR count). The minimum absolute atomic E-state index is 0.133. The lowest BCUT2D eigenvalue weighted by Gasteiger charge is -2.13. The van der Waals surface area contributed by atoms with Crippen LogP contribution in [-0.4, -0.2) is 33.7 Å². The van der Waals surface area contributed by atoms with E-state index in [-0.39, 0.29) is 5.91 Å². The van der Waals surface area contributed by atoms with Gasteiger partial charge in [-0.05, 0) is 38.0 Å². The van der Waals surface area contributed by atoms with E-state index < -0.39 is 0 Å². The molecule has 1 aliphatic heterocycles. The van der Waals surface area contributed by atoms with E-state index >= 15 is 0 Å². The maximum Gasteiger partial charge on any atom is 0.264 e. The molecule has 118 valence electrons. The molecule has 3 heterocycles. The van der Waals surface area contributed by atoms with Crippen LogP contribution in [0, 0.1) is 6.92 Å². The van der Waals surface area contributed by atoms with Crippen molar-refractivity contribution in [3.8, 4) is 5.69 Å². The van der Waals surface area contributed by atoms with Crippen molar-refractivity contribution in [3.63, 3.8) is 0 Å². The van der Waals surface area contributed by atoms with Gasteiger partial charge in [0.2, 0.25) is 0 Å². The fraction of sp³-hybridized carbons (Fsp3) is 0.294. The quantitative estimate of drug-likeness (QED) is 0.695. The lowest BCUT2D eigenvalue weighted by Crippen LogP contribution is -2.26. The summed E-state index contributed by atoms with van der Waals surface area (Å²) in [5.41, 5.74) is 1.76. The molecule has 2 aromatic heterocycles. The summed E-state index contributed by atoms with van der Waals surface area (Å²) in [6.07, 6.45) is 2.20. The number of fused-ring (bicyclic) bond motifs is 1. The van der Waals surface area contributed by atoms with Crippen LogP contribution in [0.5, 0.6) is 0 Å². The Bertz CT molecular complexity index is 893. The van der Waals surface area contributed by atoms with Crippen molar-refractivity contribution in [2.75, 3.05) is 13.1 Å². The number of para-hydroxylation sites is 1. The molecule has 4 nitrogen and oxygen atoms in total. The zero-order valence-corrected chi connectivity index (χ0v) is 14.3. The summed E-state index contributed by atoms with van der Waals surface area (Å²) in [7, 11) is 0. The normalized spacial score (nSPS) is 14.8. The van der Waals surface area contributed by atoms with Crippen LogP contribution in [-0.2, 0) is 0 Å². The molecule has 0 N–H and O–H groups in total. The molecule has 6 heteroatoms. The predicted octanol–water partition coefficient (Wildman–Crippen LogP) is 4.28. The maximum atomic E-state index is 12.6. The predicted molar refractivity (Wildman–Crippen MR) is 93.8 cm³/mol. The van der Waals surface area contributed by atoms with Gasteiger partial charge < -0.3 is 4.90 Å². The van der Waals surface area contributed by atoms with E-state index in [2.05, 4.69) is 5.10 Å². The summed E-state index contributed by atoms with van der Waals surface area (Å²) in [6.45, 7) is 3.69. The number of carbonyl (C=O) groups is 1. The molecule has 1 aromatic carbocycles. The lowest BCUT2D eigenvalue weighted by molar-refractivity contribution is 0.0797. The van der Waals surface area contributed by atoms with E-state index in [4.69, 9.17) is 11.6 Å². The van der Waals surface area contributed by atoms with Gasteiger partial charge >= 0.3 is 0 Å². The molecule has 0 radical (unpaired) electrons. The van der Waals surface area contributed by atoms with Crippen LogP contribution in [0.2, 0.25) is 5.02 Å². The highest BCUT2D eigenvalue weighted by molar-refractivity contribution is 7.20. The Labute approximate surface area is 143 Å². The van der Waals surface area contributed by atoms with E-state index in [1.165, 1.54) is 11.3 Å². The maximum absolute atomic E-state index is 12.6. The number of halogens is 1. The number of hydrogen-bond donors (Lipinski definition) is 0. The van der Waals surface area contributed by atoms with Crippen LogP contribution in [0.4, 0.5) is 0 Å². The SMILES string of the molecule is Cc1nn(-c2ccccc2Cl)c2sc(C(=O)N3CCCC3)cc12.